The Balaban J connectivity index is 1.35. The standard InChI is InChI=1S/C31H25FN2O3/c1-21(24-9-3-2-4-10-24)33-30(35)25-16-14-22(15-17-25)19-29-31(36)34(20-23-8-7-11-26(32)18-23)27-12-5-6-13-28(27)37-29/h2-19,21H,20H2,1H3,(H,33,35)/b29-19-/t21-/m0/s1. The van der Waals surface area contributed by atoms with Gasteiger partial charge in [-0.25, -0.2) is 4.39 Å². The highest BCUT2D eigenvalue weighted by Crippen LogP contribution is 2.36. The second-order valence-corrected chi connectivity index (χ2v) is 8.83. The fraction of sp³-hybridized carbons (Fsp3) is 0.0968. The predicted octanol–water partition coefficient (Wildman–Crippen LogP) is 6.28. The van der Waals surface area contributed by atoms with Crippen LogP contribution >= 0.6 is 0 Å². The van der Waals surface area contributed by atoms with Gasteiger partial charge in [-0.3, -0.25) is 14.5 Å². The first kappa shape index (κ1) is 24.0. The summed E-state index contributed by atoms with van der Waals surface area (Å²) < 4.78 is 19.7. The maximum absolute atomic E-state index is 13.8. The summed E-state index contributed by atoms with van der Waals surface area (Å²) in [5.74, 6) is -0.192. The minimum Gasteiger partial charge on any atom is -0.449 e. The molecular formula is C31H25FN2O3. The van der Waals surface area contributed by atoms with Crippen LogP contribution in [0.15, 0.2) is 109 Å². The second kappa shape index (κ2) is 10.5. The molecule has 184 valence electrons. The lowest BCUT2D eigenvalue weighted by molar-refractivity contribution is -0.117. The van der Waals surface area contributed by atoms with Crippen LogP contribution in [0.5, 0.6) is 5.75 Å². The van der Waals surface area contributed by atoms with Crippen LogP contribution in [0.2, 0.25) is 0 Å². The Kier molecular flexibility index (Phi) is 6.81. The van der Waals surface area contributed by atoms with Crippen molar-refractivity contribution in [2.24, 2.45) is 0 Å². The number of nitrogens with one attached hydrogen (secondary N) is 1. The van der Waals surface area contributed by atoms with Crippen LogP contribution in [0.1, 0.15) is 40.0 Å². The van der Waals surface area contributed by atoms with E-state index >= 15 is 0 Å². The highest BCUT2D eigenvalue weighted by atomic mass is 19.1. The van der Waals surface area contributed by atoms with Crippen molar-refractivity contribution in [2.75, 3.05) is 4.90 Å². The quantitative estimate of drug-likeness (QED) is 0.322. The van der Waals surface area contributed by atoms with E-state index in [1.807, 2.05) is 49.4 Å². The van der Waals surface area contributed by atoms with Gasteiger partial charge in [0.2, 0.25) is 0 Å². The van der Waals surface area contributed by atoms with E-state index in [-0.39, 0.29) is 36.0 Å². The average molecular weight is 493 g/mol. The Morgan fingerprint density at radius 1 is 0.946 bits per heavy atom. The molecule has 0 saturated heterocycles. The topological polar surface area (TPSA) is 58.6 Å². The number of hydrogen-bond acceptors (Lipinski definition) is 3. The van der Waals surface area contributed by atoms with Crippen LogP contribution in [0.25, 0.3) is 6.08 Å². The van der Waals surface area contributed by atoms with Crippen LogP contribution in [0.4, 0.5) is 10.1 Å². The van der Waals surface area contributed by atoms with Gasteiger partial charge in [0.1, 0.15) is 5.82 Å². The number of rotatable bonds is 6. The number of carbonyl (C=O) groups excluding carboxylic acids is 2. The van der Waals surface area contributed by atoms with Crippen LogP contribution in [-0.4, -0.2) is 11.8 Å². The summed E-state index contributed by atoms with van der Waals surface area (Å²) >= 11 is 0. The van der Waals surface area contributed by atoms with E-state index in [0.29, 0.717) is 28.1 Å². The zero-order valence-electron chi connectivity index (χ0n) is 20.2. The van der Waals surface area contributed by atoms with Gasteiger partial charge in [-0.05, 0) is 66.1 Å². The molecule has 0 unspecified atom stereocenters. The lowest BCUT2D eigenvalue weighted by Gasteiger charge is -2.30. The second-order valence-electron chi connectivity index (χ2n) is 8.83. The molecule has 5 nitrogen and oxygen atoms in total. The summed E-state index contributed by atoms with van der Waals surface area (Å²) in [5, 5.41) is 3.00. The number of carbonyl (C=O) groups is 2. The third-order valence-electron chi connectivity index (χ3n) is 6.18. The van der Waals surface area contributed by atoms with Gasteiger partial charge in [-0.2, -0.15) is 0 Å². The van der Waals surface area contributed by atoms with E-state index in [4.69, 9.17) is 4.74 Å². The first-order chi connectivity index (χ1) is 18.0. The summed E-state index contributed by atoms with van der Waals surface area (Å²) in [7, 11) is 0. The van der Waals surface area contributed by atoms with Crippen LogP contribution < -0.4 is 15.0 Å². The summed E-state index contributed by atoms with van der Waals surface area (Å²) in [4.78, 5) is 27.7. The lowest BCUT2D eigenvalue weighted by Crippen LogP contribution is -2.36. The molecule has 5 rings (SSSR count). The van der Waals surface area contributed by atoms with E-state index in [1.165, 1.54) is 12.1 Å². The Morgan fingerprint density at radius 3 is 2.43 bits per heavy atom. The third kappa shape index (κ3) is 5.43. The van der Waals surface area contributed by atoms with Gasteiger partial charge >= 0.3 is 0 Å². The Bertz CT molecular complexity index is 1470. The molecule has 0 radical (unpaired) electrons. The average Bonchev–Trinajstić information content (AvgIpc) is 2.92. The number of halogens is 1. The summed E-state index contributed by atoms with van der Waals surface area (Å²) in [6, 6.07) is 30.0. The molecule has 1 atom stereocenters. The van der Waals surface area contributed by atoms with Gasteiger partial charge in [-0.15, -0.1) is 0 Å². The van der Waals surface area contributed by atoms with Crippen molar-refractivity contribution in [3.8, 4) is 5.75 Å². The molecule has 1 heterocycles. The van der Waals surface area contributed by atoms with Gasteiger partial charge in [0.15, 0.2) is 11.5 Å². The summed E-state index contributed by atoms with van der Waals surface area (Å²) in [5.41, 5.74) is 3.53. The molecule has 0 aliphatic carbocycles. The number of anilines is 1. The zero-order chi connectivity index (χ0) is 25.8. The number of hydrogen-bond donors (Lipinski definition) is 1. The van der Waals surface area contributed by atoms with Crippen molar-refractivity contribution >= 4 is 23.6 Å². The van der Waals surface area contributed by atoms with Crippen LogP contribution in [0.3, 0.4) is 0 Å². The molecule has 0 spiro atoms. The molecule has 0 fully saturated rings. The van der Waals surface area contributed by atoms with Crippen LogP contribution in [0, 0.1) is 5.82 Å². The van der Waals surface area contributed by atoms with Gasteiger partial charge < -0.3 is 10.1 Å². The summed E-state index contributed by atoms with van der Waals surface area (Å²) in [6.07, 6.45) is 1.64. The highest BCUT2D eigenvalue weighted by Gasteiger charge is 2.30. The molecule has 4 aromatic rings. The lowest BCUT2D eigenvalue weighted by atomic mass is 10.1. The van der Waals surface area contributed by atoms with E-state index in [1.54, 1.807) is 59.5 Å². The predicted molar refractivity (Wildman–Crippen MR) is 141 cm³/mol. The van der Waals surface area contributed by atoms with Crippen molar-refractivity contribution in [3.63, 3.8) is 0 Å². The fourth-order valence-electron chi connectivity index (χ4n) is 4.22. The Labute approximate surface area is 214 Å². The van der Waals surface area contributed by atoms with Crippen molar-refractivity contribution in [1.29, 1.82) is 0 Å². The van der Waals surface area contributed by atoms with Crippen molar-refractivity contribution in [3.05, 3.63) is 137 Å². The van der Waals surface area contributed by atoms with Crippen molar-refractivity contribution in [2.45, 2.75) is 19.5 Å². The molecule has 0 saturated carbocycles. The van der Waals surface area contributed by atoms with Gasteiger partial charge in [0, 0.05) is 5.56 Å². The molecule has 1 N–H and O–H groups in total. The molecule has 1 aliphatic rings. The van der Waals surface area contributed by atoms with Crippen LogP contribution in [-0.2, 0) is 11.3 Å². The zero-order valence-corrected chi connectivity index (χ0v) is 20.2. The molecular weight excluding hydrogens is 467 g/mol. The van der Waals surface area contributed by atoms with Gasteiger partial charge in [0.25, 0.3) is 11.8 Å². The number of nitrogens with zero attached hydrogens (tertiary/aromatic N) is 1. The monoisotopic (exact) mass is 492 g/mol. The maximum Gasteiger partial charge on any atom is 0.294 e. The van der Waals surface area contributed by atoms with E-state index in [2.05, 4.69) is 5.32 Å². The molecule has 0 bridgehead atoms. The minimum absolute atomic E-state index is 0.132. The van der Waals surface area contributed by atoms with Gasteiger partial charge in [-0.1, -0.05) is 66.7 Å². The first-order valence-corrected chi connectivity index (χ1v) is 12.0. The normalized spacial score (nSPS) is 14.6. The van der Waals surface area contributed by atoms with Crippen molar-refractivity contribution in [1.82, 2.24) is 5.32 Å². The minimum atomic E-state index is -0.357. The SMILES string of the molecule is C[C@H](NC(=O)c1ccc(/C=C2\Oc3ccccc3N(Cc3cccc(F)c3)C2=O)cc1)c1ccccc1. The fourth-order valence-corrected chi connectivity index (χ4v) is 4.22. The molecule has 1 aliphatic heterocycles. The number of benzene rings is 4. The van der Waals surface area contributed by atoms with E-state index in [0.717, 1.165) is 5.56 Å². The maximum atomic E-state index is 13.8. The molecule has 2 amide bonds. The number of amides is 2. The Morgan fingerprint density at radius 2 is 1.68 bits per heavy atom. The number of para-hydroxylation sites is 2. The van der Waals surface area contributed by atoms with E-state index < -0.39 is 0 Å². The number of fused-ring (bicyclic) bond motifs is 1. The van der Waals surface area contributed by atoms with E-state index in [9.17, 15) is 14.0 Å². The molecule has 6 heteroatoms. The highest BCUT2D eigenvalue weighted by molar-refractivity contribution is 6.09. The van der Waals surface area contributed by atoms with Gasteiger partial charge in [0.05, 0.1) is 18.3 Å². The Hall–Kier alpha value is -4.71. The smallest absolute Gasteiger partial charge is 0.294 e. The molecule has 37 heavy (non-hydrogen) atoms. The first-order valence-electron chi connectivity index (χ1n) is 12.0. The molecule has 0 aromatic heterocycles. The number of ether oxygens (including phenoxy) is 1. The van der Waals surface area contributed by atoms with Crippen molar-refractivity contribution < 1.29 is 18.7 Å². The molecule has 4 aromatic carbocycles. The summed E-state index contributed by atoms with van der Waals surface area (Å²) in [6.45, 7) is 2.14. The largest absolute Gasteiger partial charge is 0.449 e. The third-order valence-corrected chi connectivity index (χ3v) is 6.18.